The number of rotatable bonds is 2. The molecule has 2 nitrogen and oxygen atoms in total. The SMILES string of the molecule is CCc1nc(-c2ccc(F)c(C)c2)nc(Cl)c1Br. The van der Waals surface area contributed by atoms with Crippen molar-refractivity contribution < 1.29 is 4.39 Å². The van der Waals surface area contributed by atoms with Crippen LogP contribution in [0.25, 0.3) is 11.4 Å². The van der Waals surface area contributed by atoms with Crippen molar-refractivity contribution in [2.75, 3.05) is 0 Å². The van der Waals surface area contributed by atoms with Gasteiger partial charge in [-0.2, -0.15) is 0 Å². The van der Waals surface area contributed by atoms with Crippen molar-refractivity contribution in [3.05, 3.63) is 44.9 Å². The fourth-order valence-electron chi connectivity index (χ4n) is 1.61. The van der Waals surface area contributed by atoms with Gasteiger partial charge in [0.05, 0.1) is 10.2 Å². The van der Waals surface area contributed by atoms with Crippen LogP contribution in [0.2, 0.25) is 5.15 Å². The van der Waals surface area contributed by atoms with Crippen LogP contribution in [0.3, 0.4) is 0 Å². The van der Waals surface area contributed by atoms with E-state index >= 15 is 0 Å². The summed E-state index contributed by atoms with van der Waals surface area (Å²) in [6, 6.07) is 4.78. The number of hydrogen-bond donors (Lipinski definition) is 0. The van der Waals surface area contributed by atoms with Crippen LogP contribution >= 0.6 is 27.5 Å². The average Bonchev–Trinajstić information content (AvgIpc) is 2.36. The zero-order valence-corrected chi connectivity index (χ0v) is 12.3. The maximum absolute atomic E-state index is 13.2. The van der Waals surface area contributed by atoms with Gasteiger partial charge in [-0.3, -0.25) is 0 Å². The molecular weight excluding hydrogens is 319 g/mol. The van der Waals surface area contributed by atoms with Crippen LogP contribution in [-0.4, -0.2) is 9.97 Å². The molecule has 5 heteroatoms. The molecule has 0 N–H and O–H groups in total. The summed E-state index contributed by atoms with van der Waals surface area (Å²) in [7, 11) is 0. The highest BCUT2D eigenvalue weighted by atomic mass is 79.9. The van der Waals surface area contributed by atoms with Gasteiger partial charge in [-0.1, -0.05) is 18.5 Å². The highest BCUT2D eigenvalue weighted by molar-refractivity contribution is 9.10. The first-order valence-electron chi connectivity index (χ1n) is 5.51. The van der Waals surface area contributed by atoms with Crippen molar-refractivity contribution >= 4 is 27.5 Å². The predicted molar refractivity (Wildman–Crippen MR) is 74.3 cm³/mol. The molecule has 0 saturated carbocycles. The fraction of sp³-hybridized carbons (Fsp3) is 0.231. The van der Waals surface area contributed by atoms with E-state index in [2.05, 4.69) is 25.9 Å². The lowest BCUT2D eigenvalue weighted by Gasteiger charge is -2.07. The molecule has 0 fully saturated rings. The Morgan fingerprint density at radius 2 is 2.06 bits per heavy atom. The minimum atomic E-state index is -0.238. The molecule has 0 unspecified atom stereocenters. The number of benzene rings is 1. The molecule has 1 aromatic heterocycles. The third kappa shape index (κ3) is 2.54. The minimum Gasteiger partial charge on any atom is -0.232 e. The summed E-state index contributed by atoms with van der Waals surface area (Å²) in [6.07, 6.45) is 0.746. The topological polar surface area (TPSA) is 25.8 Å². The largest absolute Gasteiger partial charge is 0.232 e. The van der Waals surface area contributed by atoms with E-state index < -0.39 is 0 Å². The molecule has 0 aliphatic heterocycles. The second-order valence-electron chi connectivity index (χ2n) is 3.92. The Morgan fingerprint density at radius 1 is 1.33 bits per heavy atom. The number of aromatic nitrogens is 2. The Labute approximate surface area is 118 Å². The predicted octanol–water partition coefficient (Wildman–Crippen LogP) is 4.57. The molecule has 0 saturated heterocycles. The Hall–Kier alpha value is -1.00. The summed E-state index contributed by atoms with van der Waals surface area (Å²) in [5.74, 6) is 0.279. The van der Waals surface area contributed by atoms with E-state index in [1.165, 1.54) is 6.07 Å². The third-order valence-corrected chi connectivity index (χ3v) is 3.97. The van der Waals surface area contributed by atoms with Crippen LogP contribution in [-0.2, 0) is 6.42 Å². The van der Waals surface area contributed by atoms with Crippen molar-refractivity contribution in [2.24, 2.45) is 0 Å². The summed E-state index contributed by atoms with van der Waals surface area (Å²) >= 11 is 9.40. The van der Waals surface area contributed by atoms with Gasteiger partial charge >= 0.3 is 0 Å². The lowest BCUT2D eigenvalue weighted by atomic mass is 10.1. The quantitative estimate of drug-likeness (QED) is 0.754. The van der Waals surface area contributed by atoms with Crippen molar-refractivity contribution in [3.8, 4) is 11.4 Å². The molecule has 2 aromatic rings. The molecule has 2 rings (SSSR count). The molecule has 0 atom stereocenters. The lowest BCUT2D eigenvalue weighted by Crippen LogP contribution is -1.98. The van der Waals surface area contributed by atoms with Gasteiger partial charge in [-0.15, -0.1) is 0 Å². The first-order chi connectivity index (χ1) is 8.52. The Morgan fingerprint density at radius 3 is 2.67 bits per heavy atom. The molecule has 0 radical (unpaired) electrons. The van der Waals surface area contributed by atoms with Gasteiger partial charge < -0.3 is 0 Å². The smallest absolute Gasteiger partial charge is 0.161 e. The molecule has 0 bridgehead atoms. The first kappa shape index (κ1) is 13.4. The maximum atomic E-state index is 13.2. The van der Waals surface area contributed by atoms with Crippen LogP contribution in [0, 0.1) is 12.7 Å². The molecule has 0 amide bonds. The van der Waals surface area contributed by atoms with E-state index in [9.17, 15) is 4.39 Å². The Balaban J connectivity index is 2.57. The van der Waals surface area contributed by atoms with Crippen molar-refractivity contribution in [2.45, 2.75) is 20.3 Å². The normalized spacial score (nSPS) is 10.7. The number of halogens is 3. The fourth-order valence-corrected chi connectivity index (χ4v) is 2.26. The van der Waals surface area contributed by atoms with E-state index in [1.807, 2.05) is 6.92 Å². The molecular formula is C13H11BrClFN2. The van der Waals surface area contributed by atoms with Crippen LogP contribution in [0.1, 0.15) is 18.2 Å². The molecule has 1 aromatic carbocycles. The Kier molecular flexibility index (Phi) is 3.97. The number of aryl methyl sites for hydroxylation is 2. The van der Waals surface area contributed by atoms with Crippen LogP contribution in [0.4, 0.5) is 4.39 Å². The monoisotopic (exact) mass is 328 g/mol. The van der Waals surface area contributed by atoms with Gasteiger partial charge in [0.25, 0.3) is 0 Å². The average molecular weight is 330 g/mol. The van der Waals surface area contributed by atoms with Crippen molar-refractivity contribution in [1.82, 2.24) is 9.97 Å². The molecule has 18 heavy (non-hydrogen) atoms. The summed E-state index contributed by atoms with van der Waals surface area (Å²) < 4.78 is 13.9. The summed E-state index contributed by atoms with van der Waals surface area (Å²) in [4.78, 5) is 8.64. The van der Waals surface area contributed by atoms with Gasteiger partial charge in [0.2, 0.25) is 0 Å². The second-order valence-corrected chi connectivity index (χ2v) is 5.07. The highest BCUT2D eigenvalue weighted by Crippen LogP contribution is 2.27. The zero-order valence-electron chi connectivity index (χ0n) is 9.97. The highest BCUT2D eigenvalue weighted by Gasteiger charge is 2.11. The van der Waals surface area contributed by atoms with Crippen molar-refractivity contribution in [1.29, 1.82) is 0 Å². The molecule has 1 heterocycles. The molecule has 0 aliphatic carbocycles. The van der Waals surface area contributed by atoms with E-state index in [-0.39, 0.29) is 5.82 Å². The van der Waals surface area contributed by atoms with Gasteiger partial charge in [0.1, 0.15) is 11.0 Å². The van der Waals surface area contributed by atoms with E-state index in [1.54, 1.807) is 19.1 Å². The zero-order chi connectivity index (χ0) is 13.3. The summed E-state index contributed by atoms with van der Waals surface area (Å²) in [6.45, 7) is 3.70. The minimum absolute atomic E-state index is 0.238. The molecule has 0 aliphatic rings. The van der Waals surface area contributed by atoms with Crippen LogP contribution in [0.5, 0.6) is 0 Å². The Bertz CT molecular complexity index is 602. The second kappa shape index (κ2) is 5.33. The third-order valence-electron chi connectivity index (χ3n) is 2.63. The van der Waals surface area contributed by atoms with E-state index in [0.717, 1.165) is 17.7 Å². The van der Waals surface area contributed by atoms with Gasteiger partial charge in [-0.05, 0) is 53.0 Å². The standard InChI is InChI=1S/C13H11BrClFN2/c1-3-10-11(14)12(15)18-13(17-10)8-4-5-9(16)7(2)6-8/h4-6H,3H2,1-2H3. The molecule has 0 spiro atoms. The van der Waals surface area contributed by atoms with Gasteiger partial charge in [-0.25, -0.2) is 14.4 Å². The van der Waals surface area contributed by atoms with Crippen LogP contribution < -0.4 is 0 Å². The van der Waals surface area contributed by atoms with Crippen LogP contribution in [0.15, 0.2) is 22.7 Å². The lowest BCUT2D eigenvalue weighted by molar-refractivity contribution is 0.618. The molecule has 94 valence electrons. The summed E-state index contributed by atoms with van der Waals surface area (Å²) in [5, 5.41) is 0.374. The first-order valence-corrected chi connectivity index (χ1v) is 6.68. The summed E-state index contributed by atoms with van der Waals surface area (Å²) in [5.41, 5.74) is 2.16. The number of hydrogen-bond acceptors (Lipinski definition) is 2. The number of nitrogens with zero attached hydrogens (tertiary/aromatic N) is 2. The van der Waals surface area contributed by atoms with E-state index in [4.69, 9.17) is 11.6 Å². The van der Waals surface area contributed by atoms with E-state index in [0.29, 0.717) is 21.0 Å². The van der Waals surface area contributed by atoms with Gasteiger partial charge in [0, 0.05) is 5.56 Å². The maximum Gasteiger partial charge on any atom is 0.161 e. The van der Waals surface area contributed by atoms with Gasteiger partial charge in [0.15, 0.2) is 5.82 Å². The van der Waals surface area contributed by atoms with Crippen molar-refractivity contribution in [3.63, 3.8) is 0 Å².